The average Bonchev–Trinajstić information content (AvgIpc) is 2.50. The highest BCUT2D eigenvalue weighted by molar-refractivity contribution is 9.10. The smallest absolute Gasteiger partial charge is 0.111 e. The normalized spacial score (nSPS) is 17.4. The fourth-order valence-electron chi connectivity index (χ4n) is 2.17. The Labute approximate surface area is 102 Å². The van der Waals surface area contributed by atoms with Crippen LogP contribution in [-0.2, 0) is 13.0 Å². The second-order valence-corrected chi connectivity index (χ2v) is 5.01. The number of hydrogen-bond donors (Lipinski definition) is 1. The lowest BCUT2D eigenvalue weighted by molar-refractivity contribution is 0.290. The van der Waals surface area contributed by atoms with E-state index in [2.05, 4.69) is 37.6 Å². The largest absolute Gasteiger partial charge is 0.327 e. The summed E-state index contributed by atoms with van der Waals surface area (Å²) >= 11 is 3.50. The van der Waals surface area contributed by atoms with Crippen molar-refractivity contribution in [3.05, 3.63) is 28.5 Å². The molecule has 0 spiro atoms. The molecule has 1 aliphatic rings. The van der Waals surface area contributed by atoms with E-state index in [1.54, 1.807) is 0 Å². The molecule has 0 atom stereocenters. The minimum absolute atomic E-state index is 0.879. The van der Waals surface area contributed by atoms with Gasteiger partial charge in [0.25, 0.3) is 0 Å². The SMILES string of the molecule is NN1CCc2nc3ccc(Br)cc3n2CC1. The van der Waals surface area contributed by atoms with E-state index in [-0.39, 0.29) is 0 Å². The summed E-state index contributed by atoms with van der Waals surface area (Å²) in [4.78, 5) is 4.65. The molecule has 0 saturated carbocycles. The second kappa shape index (κ2) is 3.84. The number of halogens is 1. The summed E-state index contributed by atoms with van der Waals surface area (Å²) in [5.41, 5.74) is 2.27. The van der Waals surface area contributed by atoms with E-state index in [0.29, 0.717) is 0 Å². The molecule has 16 heavy (non-hydrogen) atoms. The summed E-state index contributed by atoms with van der Waals surface area (Å²) < 4.78 is 3.36. The van der Waals surface area contributed by atoms with Gasteiger partial charge in [0, 0.05) is 30.5 Å². The predicted molar refractivity (Wildman–Crippen MR) is 66.9 cm³/mol. The summed E-state index contributed by atoms with van der Waals surface area (Å²) in [6, 6.07) is 6.21. The van der Waals surface area contributed by atoms with Gasteiger partial charge in [-0.1, -0.05) is 15.9 Å². The Kier molecular flexibility index (Phi) is 2.46. The number of hydrazine groups is 1. The van der Waals surface area contributed by atoms with Crippen LogP contribution in [0.15, 0.2) is 22.7 Å². The molecular weight excluding hydrogens is 268 g/mol. The molecule has 5 heteroatoms. The van der Waals surface area contributed by atoms with Crippen molar-refractivity contribution >= 4 is 27.0 Å². The van der Waals surface area contributed by atoms with Gasteiger partial charge in [0.05, 0.1) is 11.0 Å². The highest BCUT2D eigenvalue weighted by atomic mass is 79.9. The molecule has 0 saturated heterocycles. The van der Waals surface area contributed by atoms with Crippen LogP contribution >= 0.6 is 15.9 Å². The van der Waals surface area contributed by atoms with Gasteiger partial charge in [0.2, 0.25) is 0 Å². The molecule has 1 aliphatic heterocycles. The number of nitrogens with two attached hydrogens (primary N) is 1. The molecule has 2 heterocycles. The molecule has 1 aromatic carbocycles. The highest BCUT2D eigenvalue weighted by Gasteiger charge is 2.15. The van der Waals surface area contributed by atoms with Crippen molar-refractivity contribution in [1.82, 2.24) is 14.6 Å². The van der Waals surface area contributed by atoms with E-state index >= 15 is 0 Å². The summed E-state index contributed by atoms with van der Waals surface area (Å²) in [5, 5.41) is 1.86. The Bertz CT molecular complexity index is 534. The van der Waals surface area contributed by atoms with E-state index < -0.39 is 0 Å². The Balaban J connectivity index is 2.16. The van der Waals surface area contributed by atoms with Gasteiger partial charge in [0.15, 0.2) is 0 Å². The van der Waals surface area contributed by atoms with Gasteiger partial charge in [-0.05, 0) is 18.2 Å². The third-order valence-electron chi connectivity index (χ3n) is 3.02. The van der Waals surface area contributed by atoms with Crippen molar-refractivity contribution in [2.24, 2.45) is 5.84 Å². The molecule has 84 valence electrons. The number of rotatable bonds is 0. The quantitative estimate of drug-likeness (QED) is 0.745. The van der Waals surface area contributed by atoms with E-state index in [1.165, 1.54) is 5.52 Å². The summed E-state index contributed by atoms with van der Waals surface area (Å²) in [6.45, 7) is 2.67. The van der Waals surface area contributed by atoms with Crippen LogP contribution in [0, 0.1) is 0 Å². The lowest BCUT2D eigenvalue weighted by atomic mass is 10.3. The van der Waals surface area contributed by atoms with Crippen molar-refractivity contribution in [2.75, 3.05) is 13.1 Å². The lowest BCUT2D eigenvalue weighted by Gasteiger charge is -2.11. The van der Waals surface area contributed by atoms with Crippen LogP contribution < -0.4 is 5.84 Å². The van der Waals surface area contributed by atoms with Gasteiger partial charge in [-0.25, -0.2) is 9.99 Å². The molecule has 2 N–H and O–H groups in total. The predicted octanol–water partition coefficient (Wildman–Crippen LogP) is 1.53. The fraction of sp³-hybridized carbons (Fsp3) is 0.364. The maximum Gasteiger partial charge on any atom is 0.111 e. The van der Waals surface area contributed by atoms with E-state index in [9.17, 15) is 0 Å². The first-order valence-corrected chi connectivity index (χ1v) is 6.17. The molecule has 0 radical (unpaired) electrons. The monoisotopic (exact) mass is 280 g/mol. The molecule has 0 aliphatic carbocycles. The first kappa shape index (κ1) is 10.3. The van der Waals surface area contributed by atoms with Crippen molar-refractivity contribution in [1.29, 1.82) is 0 Å². The van der Waals surface area contributed by atoms with Gasteiger partial charge in [0.1, 0.15) is 5.82 Å². The molecule has 2 aromatic rings. The Morgan fingerprint density at radius 3 is 3.00 bits per heavy atom. The Hall–Kier alpha value is -0.910. The van der Waals surface area contributed by atoms with Crippen LogP contribution in [0.4, 0.5) is 0 Å². The van der Waals surface area contributed by atoms with Crippen molar-refractivity contribution in [3.8, 4) is 0 Å². The Morgan fingerprint density at radius 2 is 2.12 bits per heavy atom. The second-order valence-electron chi connectivity index (χ2n) is 4.10. The van der Waals surface area contributed by atoms with Gasteiger partial charge >= 0.3 is 0 Å². The topological polar surface area (TPSA) is 47.1 Å². The van der Waals surface area contributed by atoms with E-state index in [4.69, 9.17) is 5.84 Å². The van der Waals surface area contributed by atoms with Crippen molar-refractivity contribution < 1.29 is 0 Å². The number of nitrogens with zero attached hydrogens (tertiary/aromatic N) is 3. The standard InChI is InChI=1S/C11H13BrN4/c12-8-1-2-9-10(7-8)16-6-5-15(13)4-3-11(16)14-9/h1-2,7H,3-6,13H2. The minimum atomic E-state index is 0.879. The zero-order chi connectivity index (χ0) is 11.1. The van der Waals surface area contributed by atoms with Crippen molar-refractivity contribution in [3.63, 3.8) is 0 Å². The van der Waals surface area contributed by atoms with E-state index in [0.717, 1.165) is 41.9 Å². The third-order valence-corrected chi connectivity index (χ3v) is 3.52. The summed E-state index contributed by atoms with van der Waals surface area (Å²) in [7, 11) is 0. The number of benzene rings is 1. The molecule has 0 unspecified atom stereocenters. The van der Waals surface area contributed by atoms with Crippen LogP contribution in [0.1, 0.15) is 5.82 Å². The molecule has 0 fully saturated rings. The zero-order valence-electron chi connectivity index (χ0n) is 8.86. The number of hydrogen-bond acceptors (Lipinski definition) is 3. The van der Waals surface area contributed by atoms with Gasteiger partial charge in [-0.3, -0.25) is 5.84 Å². The van der Waals surface area contributed by atoms with Crippen LogP contribution in [0.3, 0.4) is 0 Å². The van der Waals surface area contributed by atoms with Gasteiger partial charge < -0.3 is 4.57 Å². The fourth-order valence-corrected chi connectivity index (χ4v) is 2.52. The third kappa shape index (κ3) is 1.65. The molecule has 1 aromatic heterocycles. The van der Waals surface area contributed by atoms with Crippen LogP contribution in [0.25, 0.3) is 11.0 Å². The molecule has 3 rings (SSSR count). The van der Waals surface area contributed by atoms with Crippen molar-refractivity contribution in [2.45, 2.75) is 13.0 Å². The Morgan fingerprint density at radius 1 is 1.25 bits per heavy atom. The molecule has 4 nitrogen and oxygen atoms in total. The van der Waals surface area contributed by atoms with E-state index in [1.807, 2.05) is 11.1 Å². The minimum Gasteiger partial charge on any atom is -0.327 e. The summed E-state index contributed by atoms with van der Waals surface area (Å²) in [5.74, 6) is 6.97. The molecule has 0 bridgehead atoms. The first-order chi connectivity index (χ1) is 7.74. The summed E-state index contributed by atoms with van der Waals surface area (Å²) in [6.07, 6.45) is 0.919. The van der Waals surface area contributed by atoms with Crippen LogP contribution in [0.2, 0.25) is 0 Å². The van der Waals surface area contributed by atoms with Gasteiger partial charge in [-0.15, -0.1) is 0 Å². The first-order valence-electron chi connectivity index (χ1n) is 5.38. The maximum atomic E-state index is 5.83. The number of fused-ring (bicyclic) bond motifs is 3. The lowest BCUT2D eigenvalue weighted by Crippen LogP contribution is -2.33. The maximum absolute atomic E-state index is 5.83. The molecular formula is C11H13BrN4. The number of imidazole rings is 1. The highest BCUT2D eigenvalue weighted by Crippen LogP contribution is 2.22. The van der Waals surface area contributed by atoms with Crippen LogP contribution in [-0.4, -0.2) is 27.6 Å². The average molecular weight is 281 g/mol. The number of aromatic nitrogens is 2. The zero-order valence-corrected chi connectivity index (χ0v) is 10.4. The molecule has 0 amide bonds. The van der Waals surface area contributed by atoms with Gasteiger partial charge in [-0.2, -0.15) is 0 Å². The van der Waals surface area contributed by atoms with Crippen LogP contribution in [0.5, 0.6) is 0 Å².